The number of nitrogens with two attached hydrogens (primary N) is 1. The molecule has 0 unspecified atom stereocenters. The molecule has 6 heteroatoms. The normalized spacial score (nSPS) is 22.4. The van der Waals surface area contributed by atoms with Crippen LogP contribution in [0.4, 0.5) is 5.13 Å². The van der Waals surface area contributed by atoms with Gasteiger partial charge in [0.15, 0.2) is 5.13 Å². The number of hydrogen-bond donors (Lipinski definition) is 2. The Morgan fingerprint density at radius 2 is 2.20 bits per heavy atom. The van der Waals surface area contributed by atoms with Gasteiger partial charge in [-0.1, -0.05) is 27.2 Å². The molecule has 1 fully saturated rings. The first-order valence-electron chi connectivity index (χ1n) is 6.88. The highest BCUT2D eigenvalue weighted by Gasteiger charge is 2.26. The number of halogens is 1. The van der Waals surface area contributed by atoms with Crippen molar-refractivity contribution in [1.82, 2.24) is 4.98 Å². The van der Waals surface area contributed by atoms with Crippen molar-refractivity contribution in [3.8, 4) is 0 Å². The van der Waals surface area contributed by atoms with Gasteiger partial charge in [-0.3, -0.25) is 4.79 Å². The van der Waals surface area contributed by atoms with Crippen LogP contribution in [0.2, 0.25) is 0 Å². The summed E-state index contributed by atoms with van der Waals surface area (Å²) in [4.78, 5) is 17.4. The molecule has 1 heterocycles. The van der Waals surface area contributed by atoms with E-state index in [-0.39, 0.29) is 29.8 Å². The first kappa shape index (κ1) is 17.4. The van der Waals surface area contributed by atoms with Crippen LogP contribution in [0.5, 0.6) is 0 Å². The molecular weight excluding hydrogens is 294 g/mol. The fourth-order valence-electron chi connectivity index (χ4n) is 2.41. The lowest BCUT2D eigenvalue weighted by atomic mass is 9.96. The van der Waals surface area contributed by atoms with Crippen LogP contribution >= 0.6 is 23.7 Å². The van der Waals surface area contributed by atoms with E-state index in [4.69, 9.17) is 5.73 Å². The lowest BCUT2D eigenvalue weighted by Crippen LogP contribution is -2.28. The molecule has 1 saturated carbocycles. The van der Waals surface area contributed by atoms with E-state index in [0.29, 0.717) is 17.5 Å². The molecule has 4 nitrogen and oxygen atoms in total. The molecule has 114 valence electrons. The van der Waals surface area contributed by atoms with E-state index in [0.717, 1.165) is 19.3 Å². The molecule has 0 aliphatic heterocycles. The van der Waals surface area contributed by atoms with Crippen molar-refractivity contribution in [2.45, 2.75) is 57.9 Å². The molecule has 1 aromatic rings. The van der Waals surface area contributed by atoms with Gasteiger partial charge in [-0.25, -0.2) is 4.98 Å². The second-order valence-electron chi connectivity index (χ2n) is 6.39. The van der Waals surface area contributed by atoms with Crippen molar-refractivity contribution in [2.75, 3.05) is 5.32 Å². The summed E-state index contributed by atoms with van der Waals surface area (Å²) in [5.41, 5.74) is 6.07. The van der Waals surface area contributed by atoms with Crippen LogP contribution in [0.15, 0.2) is 6.20 Å². The summed E-state index contributed by atoms with van der Waals surface area (Å²) < 4.78 is 0. The minimum Gasteiger partial charge on any atom is -0.327 e. The van der Waals surface area contributed by atoms with Crippen molar-refractivity contribution in [2.24, 2.45) is 11.7 Å². The summed E-state index contributed by atoms with van der Waals surface area (Å²) in [7, 11) is 0. The first-order valence-corrected chi connectivity index (χ1v) is 7.69. The number of nitrogens with one attached hydrogen (secondary N) is 1. The summed E-state index contributed by atoms with van der Waals surface area (Å²) in [6.07, 6.45) is 5.63. The molecule has 0 aromatic carbocycles. The number of anilines is 1. The Labute approximate surface area is 131 Å². The Bertz CT molecular complexity index is 456. The quantitative estimate of drug-likeness (QED) is 0.898. The van der Waals surface area contributed by atoms with Crippen LogP contribution in [0.3, 0.4) is 0 Å². The molecule has 0 radical (unpaired) electrons. The van der Waals surface area contributed by atoms with Gasteiger partial charge in [0.05, 0.1) is 0 Å². The van der Waals surface area contributed by atoms with Crippen molar-refractivity contribution in [1.29, 1.82) is 0 Å². The van der Waals surface area contributed by atoms with Gasteiger partial charge in [0, 0.05) is 23.5 Å². The van der Waals surface area contributed by atoms with E-state index in [1.54, 1.807) is 11.3 Å². The second kappa shape index (κ2) is 6.87. The summed E-state index contributed by atoms with van der Waals surface area (Å²) in [6.45, 7) is 6.43. The molecule has 20 heavy (non-hydrogen) atoms. The van der Waals surface area contributed by atoms with Gasteiger partial charge in [-0.15, -0.1) is 23.7 Å². The van der Waals surface area contributed by atoms with Gasteiger partial charge in [-0.2, -0.15) is 0 Å². The van der Waals surface area contributed by atoms with Gasteiger partial charge in [0.25, 0.3) is 0 Å². The van der Waals surface area contributed by atoms with Crippen LogP contribution in [0.25, 0.3) is 0 Å². The van der Waals surface area contributed by atoms with Gasteiger partial charge >= 0.3 is 0 Å². The fourth-order valence-corrected chi connectivity index (χ4v) is 3.30. The van der Waals surface area contributed by atoms with E-state index in [1.807, 2.05) is 6.20 Å². The summed E-state index contributed by atoms with van der Waals surface area (Å²) >= 11 is 1.55. The van der Waals surface area contributed by atoms with Crippen LogP contribution in [0, 0.1) is 5.92 Å². The number of hydrogen-bond acceptors (Lipinski definition) is 4. The zero-order valence-corrected chi connectivity index (χ0v) is 13.9. The van der Waals surface area contributed by atoms with Gasteiger partial charge in [-0.05, 0) is 24.2 Å². The van der Waals surface area contributed by atoms with E-state index < -0.39 is 0 Å². The van der Waals surface area contributed by atoms with Crippen molar-refractivity contribution >= 4 is 34.8 Å². The Morgan fingerprint density at radius 3 is 2.70 bits per heavy atom. The zero-order chi connectivity index (χ0) is 14.0. The summed E-state index contributed by atoms with van der Waals surface area (Å²) in [6, 6.07) is 0.187. The summed E-state index contributed by atoms with van der Waals surface area (Å²) in [5.74, 6) is 0.374. The van der Waals surface area contributed by atoms with Gasteiger partial charge < -0.3 is 11.1 Å². The third-order valence-corrected chi connectivity index (χ3v) is 5.00. The smallest absolute Gasteiger partial charge is 0.226 e. The lowest BCUT2D eigenvalue weighted by molar-refractivity contribution is -0.117. The van der Waals surface area contributed by atoms with Crippen LogP contribution in [-0.2, 0) is 10.2 Å². The molecule has 3 N–H and O–H groups in total. The number of amides is 1. The topological polar surface area (TPSA) is 68.0 Å². The lowest BCUT2D eigenvalue weighted by Gasteiger charge is -2.15. The van der Waals surface area contributed by atoms with Gasteiger partial charge in [0.2, 0.25) is 5.91 Å². The summed E-state index contributed by atoms with van der Waals surface area (Å²) in [5, 5.41) is 3.59. The minimum atomic E-state index is 0. The van der Waals surface area contributed by atoms with E-state index in [2.05, 4.69) is 31.1 Å². The number of carbonyl (C=O) groups is 1. The molecule has 2 rings (SSSR count). The molecule has 1 amide bonds. The highest BCUT2D eigenvalue weighted by molar-refractivity contribution is 7.15. The number of nitrogens with zero attached hydrogens (tertiary/aromatic N) is 1. The van der Waals surface area contributed by atoms with Crippen LogP contribution < -0.4 is 11.1 Å². The Kier molecular flexibility index (Phi) is 5.98. The number of carbonyl (C=O) groups excluding carboxylic acids is 1. The Morgan fingerprint density at radius 1 is 1.50 bits per heavy atom. The van der Waals surface area contributed by atoms with Crippen molar-refractivity contribution in [3.63, 3.8) is 0 Å². The maximum absolute atomic E-state index is 12.0. The molecule has 2 atom stereocenters. The maximum Gasteiger partial charge on any atom is 0.226 e. The third kappa shape index (κ3) is 4.43. The first-order chi connectivity index (χ1) is 8.86. The standard InChI is InChI=1S/C14H23N3OS.ClH/c1-14(2,3)11-8-16-13(19-11)17-12(18)7-9-5-4-6-10(9)15;/h8-10H,4-7,15H2,1-3H3,(H,16,17,18);1H/t9-,10+;/m0./s1. The Hall–Kier alpha value is -0.650. The number of aromatic nitrogens is 1. The molecule has 0 spiro atoms. The fraction of sp³-hybridized carbons (Fsp3) is 0.714. The maximum atomic E-state index is 12.0. The third-order valence-electron chi connectivity index (χ3n) is 3.66. The predicted molar refractivity (Wildman–Crippen MR) is 86.6 cm³/mol. The van der Waals surface area contributed by atoms with Crippen LogP contribution in [-0.4, -0.2) is 16.9 Å². The average Bonchev–Trinajstić information content (AvgIpc) is 2.88. The molecule has 1 aliphatic rings. The Balaban J connectivity index is 0.00000200. The van der Waals surface area contributed by atoms with Gasteiger partial charge in [0.1, 0.15) is 0 Å². The average molecular weight is 318 g/mol. The van der Waals surface area contributed by atoms with Crippen molar-refractivity contribution < 1.29 is 4.79 Å². The number of rotatable bonds is 3. The van der Waals surface area contributed by atoms with E-state index in [1.165, 1.54) is 4.88 Å². The molecule has 0 saturated heterocycles. The largest absolute Gasteiger partial charge is 0.327 e. The predicted octanol–water partition coefficient (Wildman–Crippen LogP) is 3.32. The monoisotopic (exact) mass is 317 g/mol. The van der Waals surface area contributed by atoms with E-state index >= 15 is 0 Å². The highest BCUT2D eigenvalue weighted by Crippen LogP contribution is 2.31. The minimum absolute atomic E-state index is 0. The van der Waals surface area contributed by atoms with Crippen molar-refractivity contribution in [3.05, 3.63) is 11.1 Å². The highest BCUT2D eigenvalue weighted by atomic mass is 35.5. The number of thiazole rings is 1. The molecule has 1 aliphatic carbocycles. The molecule has 0 bridgehead atoms. The zero-order valence-electron chi connectivity index (χ0n) is 12.3. The van der Waals surface area contributed by atoms with Crippen LogP contribution in [0.1, 0.15) is 51.3 Å². The van der Waals surface area contributed by atoms with E-state index in [9.17, 15) is 4.79 Å². The SMILES string of the molecule is CC(C)(C)c1cnc(NC(=O)C[C@@H]2CCC[C@H]2N)s1.Cl. The molecule has 1 aromatic heterocycles. The second-order valence-corrected chi connectivity index (χ2v) is 7.42. The molecular formula is C14H24ClN3OS.